The second-order valence-corrected chi connectivity index (χ2v) is 11.1. The summed E-state index contributed by atoms with van der Waals surface area (Å²) in [7, 11) is 2.18. The van der Waals surface area contributed by atoms with Gasteiger partial charge >= 0.3 is 6.01 Å². The average molecular weight is 568 g/mol. The highest BCUT2D eigenvalue weighted by Gasteiger charge is 2.29. The number of ether oxygens (including phenoxy) is 1. The third-order valence-corrected chi connectivity index (χ3v) is 8.52. The number of carbonyl (C=O) groups is 1. The molecule has 2 fully saturated rings. The molecule has 1 unspecified atom stereocenters. The van der Waals surface area contributed by atoms with Crippen molar-refractivity contribution in [3.8, 4) is 12.1 Å². The zero-order chi connectivity index (χ0) is 29.5. The van der Waals surface area contributed by atoms with Crippen molar-refractivity contribution in [1.82, 2.24) is 19.8 Å². The number of nitriles is 1. The van der Waals surface area contributed by atoms with Crippen molar-refractivity contribution in [1.29, 1.82) is 5.26 Å². The predicted octanol–water partition coefficient (Wildman–Crippen LogP) is 4.42. The van der Waals surface area contributed by atoms with E-state index in [-0.39, 0.29) is 5.91 Å². The highest BCUT2D eigenvalue weighted by Crippen LogP contribution is 2.34. The minimum absolute atomic E-state index is 0.00859. The topological polar surface area (TPSA) is 88.8 Å². The fraction of sp³-hybridized carbons (Fsp3) is 0.455. The summed E-state index contributed by atoms with van der Waals surface area (Å²) in [4.78, 5) is 31.1. The molecule has 3 aliphatic heterocycles. The van der Waals surface area contributed by atoms with Gasteiger partial charge in [0.25, 0.3) is 0 Å². The largest absolute Gasteiger partial charge is 0.462 e. The number of hydrogen-bond acceptors (Lipinski definition) is 8. The fourth-order valence-corrected chi connectivity index (χ4v) is 6.20. The van der Waals surface area contributed by atoms with Crippen LogP contribution in [-0.4, -0.2) is 84.6 Å². The van der Waals surface area contributed by atoms with Gasteiger partial charge in [0.2, 0.25) is 5.91 Å². The highest BCUT2D eigenvalue weighted by molar-refractivity contribution is 5.94. The minimum atomic E-state index is -0.00859. The van der Waals surface area contributed by atoms with Gasteiger partial charge in [0.1, 0.15) is 12.4 Å². The molecule has 3 aromatic rings. The van der Waals surface area contributed by atoms with E-state index in [1.54, 1.807) is 6.07 Å². The summed E-state index contributed by atoms with van der Waals surface area (Å²) in [5, 5.41) is 9.83. The van der Waals surface area contributed by atoms with Crippen LogP contribution in [0.4, 0.5) is 11.5 Å². The standard InChI is InChI=1S/C31H38N6O2.C2H3N/c1-3-29(38)35-17-19-36(20-18-35)30-26-14-16-37(28-13-8-10-23-9-4-5-12-25(23)28)21-27(26)32-31(33-30)39-22-24-11-6-7-15-34(24)2;1-2-3/h3-5,8-10,12-13,24H,1,6-7,11,14-22H2,2H3;1H3. The second kappa shape index (κ2) is 13.7. The van der Waals surface area contributed by atoms with Crippen LogP contribution in [0, 0.1) is 11.3 Å². The molecule has 2 aromatic carbocycles. The van der Waals surface area contributed by atoms with E-state index in [9.17, 15) is 4.79 Å². The van der Waals surface area contributed by atoms with E-state index in [2.05, 4.69) is 70.8 Å². The number of hydrogen-bond donors (Lipinski definition) is 0. The number of nitrogens with zero attached hydrogens (tertiary/aromatic N) is 7. The summed E-state index contributed by atoms with van der Waals surface area (Å²) in [6.45, 7) is 11.2. The third kappa shape index (κ3) is 6.50. The third-order valence-electron chi connectivity index (χ3n) is 8.52. The average Bonchev–Trinajstić information content (AvgIpc) is 3.03. The molecule has 220 valence electrons. The van der Waals surface area contributed by atoms with Crippen molar-refractivity contribution >= 4 is 28.2 Å². The van der Waals surface area contributed by atoms with E-state index in [1.165, 1.54) is 47.9 Å². The number of anilines is 2. The Labute approximate surface area is 249 Å². The molecule has 3 aliphatic rings. The molecule has 0 N–H and O–H groups in total. The van der Waals surface area contributed by atoms with Gasteiger partial charge in [-0.25, -0.2) is 0 Å². The van der Waals surface area contributed by atoms with E-state index in [4.69, 9.17) is 20.0 Å². The first kappa shape index (κ1) is 29.3. The number of amides is 1. The van der Waals surface area contributed by atoms with Crippen LogP contribution in [0.3, 0.4) is 0 Å². The Bertz CT molecular complexity index is 1440. The summed E-state index contributed by atoms with van der Waals surface area (Å²) >= 11 is 0. The minimum Gasteiger partial charge on any atom is -0.462 e. The maximum Gasteiger partial charge on any atom is 0.318 e. The van der Waals surface area contributed by atoms with Crippen LogP contribution >= 0.6 is 0 Å². The van der Waals surface area contributed by atoms with Crippen molar-refractivity contribution in [2.45, 2.75) is 45.2 Å². The molecule has 4 heterocycles. The lowest BCUT2D eigenvalue weighted by atomic mass is 10.0. The van der Waals surface area contributed by atoms with Crippen LogP contribution < -0.4 is 14.5 Å². The zero-order valence-corrected chi connectivity index (χ0v) is 24.8. The van der Waals surface area contributed by atoms with Gasteiger partial charge in [-0.05, 0) is 50.4 Å². The molecular formula is C33H41N7O2. The number of rotatable bonds is 6. The van der Waals surface area contributed by atoms with Gasteiger partial charge in [-0.15, -0.1) is 0 Å². The van der Waals surface area contributed by atoms with E-state index >= 15 is 0 Å². The number of likely N-dealkylation sites (N-methyl/N-ethyl adjacent to an activating group) is 1. The molecule has 0 aliphatic carbocycles. The van der Waals surface area contributed by atoms with Gasteiger partial charge in [-0.3, -0.25) is 4.79 Å². The summed E-state index contributed by atoms with van der Waals surface area (Å²) in [5.74, 6) is 0.959. The van der Waals surface area contributed by atoms with Crippen LogP contribution in [0.25, 0.3) is 10.8 Å². The number of fused-ring (bicyclic) bond motifs is 2. The first-order valence-corrected chi connectivity index (χ1v) is 14.9. The first-order chi connectivity index (χ1) is 20.5. The first-order valence-electron chi connectivity index (χ1n) is 14.9. The summed E-state index contributed by atoms with van der Waals surface area (Å²) in [6, 6.07) is 17.7. The molecular weight excluding hydrogens is 526 g/mol. The predicted molar refractivity (Wildman–Crippen MR) is 167 cm³/mol. The van der Waals surface area contributed by atoms with Gasteiger partial charge in [0.05, 0.1) is 18.3 Å². The number of carbonyl (C=O) groups excluding carboxylic acids is 1. The van der Waals surface area contributed by atoms with Gasteiger partial charge in [0, 0.05) is 62.3 Å². The summed E-state index contributed by atoms with van der Waals surface area (Å²) in [6.07, 6.45) is 5.89. The molecule has 0 spiro atoms. The lowest BCUT2D eigenvalue weighted by Gasteiger charge is -2.38. The van der Waals surface area contributed by atoms with E-state index < -0.39 is 0 Å². The van der Waals surface area contributed by atoms with Crippen LogP contribution in [0.5, 0.6) is 6.01 Å². The Hall–Kier alpha value is -4.16. The smallest absolute Gasteiger partial charge is 0.318 e. The Morgan fingerprint density at radius 3 is 2.57 bits per heavy atom. The van der Waals surface area contributed by atoms with Crippen molar-refractivity contribution in [2.75, 3.05) is 62.7 Å². The number of piperazine rings is 1. The number of benzene rings is 2. The molecule has 6 rings (SSSR count). The summed E-state index contributed by atoms with van der Waals surface area (Å²) < 4.78 is 6.31. The molecule has 0 bridgehead atoms. The quantitative estimate of drug-likeness (QED) is 0.405. The number of piperidine rings is 1. The molecule has 0 radical (unpaired) electrons. The lowest BCUT2D eigenvalue weighted by molar-refractivity contribution is -0.126. The summed E-state index contributed by atoms with van der Waals surface area (Å²) in [5.41, 5.74) is 3.48. The zero-order valence-electron chi connectivity index (χ0n) is 24.8. The van der Waals surface area contributed by atoms with E-state index in [0.29, 0.717) is 38.3 Å². The number of likely N-dealkylation sites (tertiary alicyclic amines) is 1. The van der Waals surface area contributed by atoms with Crippen molar-refractivity contribution in [3.63, 3.8) is 0 Å². The molecule has 1 aromatic heterocycles. The van der Waals surface area contributed by atoms with Crippen LogP contribution in [-0.2, 0) is 17.8 Å². The van der Waals surface area contributed by atoms with Gasteiger partial charge in [0.15, 0.2) is 0 Å². The molecule has 9 heteroatoms. The fourth-order valence-electron chi connectivity index (χ4n) is 6.20. The van der Waals surface area contributed by atoms with Gasteiger partial charge in [-0.1, -0.05) is 49.4 Å². The Morgan fingerprint density at radius 1 is 1.05 bits per heavy atom. The van der Waals surface area contributed by atoms with E-state index in [1.807, 2.05) is 4.90 Å². The molecule has 2 saturated heterocycles. The highest BCUT2D eigenvalue weighted by atomic mass is 16.5. The normalized spacial score (nSPS) is 18.9. The van der Waals surface area contributed by atoms with Crippen molar-refractivity contribution in [3.05, 3.63) is 66.4 Å². The van der Waals surface area contributed by atoms with Gasteiger partial charge in [-0.2, -0.15) is 15.2 Å². The maximum absolute atomic E-state index is 12.2. The Balaban J connectivity index is 0.00000113. The number of aromatic nitrogens is 2. The van der Waals surface area contributed by atoms with Crippen molar-refractivity contribution < 1.29 is 9.53 Å². The Kier molecular flexibility index (Phi) is 9.55. The lowest BCUT2D eigenvalue weighted by Crippen LogP contribution is -2.49. The molecule has 42 heavy (non-hydrogen) atoms. The molecule has 1 amide bonds. The van der Waals surface area contributed by atoms with E-state index in [0.717, 1.165) is 50.5 Å². The van der Waals surface area contributed by atoms with Crippen LogP contribution in [0.15, 0.2) is 55.1 Å². The molecule has 0 saturated carbocycles. The van der Waals surface area contributed by atoms with Crippen LogP contribution in [0.2, 0.25) is 0 Å². The van der Waals surface area contributed by atoms with Crippen LogP contribution in [0.1, 0.15) is 37.4 Å². The SMILES string of the molecule is C=CC(=O)N1CCN(c2nc(OCC3CCCCN3C)nc3c2CCN(c2cccc4ccccc24)C3)CC1.CC#N. The Morgan fingerprint density at radius 2 is 1.81 bits per heavy atom. The van der Waals surface area contributed by atoms with Crippen molar-refractivity contribution in [2.24, 2.45) is 0 Å². The second-order valence-electron chi connectivity index (χ2n) is 11.1. The molecule has 1 atom stereocenters. The maximum atomic E-state index is 12.2. The van der Waals surface area contributed by atoms with Gasteiger partial charge < -0.3 is 24.3 Å². The molecule has 9 nitrogen and oxygen atoms in total. The monoisotopic (exact) mass is 567 g/mol.